The first-order valence-corrected chi connectivity index (χ1v) is 2.33. The molecular weight excluding hydrogens is 102 g/mol. The van der Waals surface area contributed by atoms with Gasteiger partial charge in [-0.05, 0) is 6.08 Å². The Morgan fingerprint density at radius 3 is 2.50 bits per heavy atom. The molecule has 0 amide bonds. The van der Waals surface area contributed by atoms with Gasteiger partial charge in [0.05, 0.1) is 0 Å². The van der Waals surface area contributed by atoms with Crippen molar-refractivity contribution in [3.8, 4) is 0 Å². The second-order valence-corrected chi connectivity index (χ2v) is 1.15. The molecule has 0 bridgehead atoms. The largest absolute Gasteiger partial charge is 0.216 e. The van der Waals surface area contributed by atoms with E-state index in [1.807, 2.05) is 0 Å². The molecule has 0 aromatic carbocycles. The molecule has 0 heterocycles. The van der Waals surface area contributed by atoms with Crippen LogP contribution < -0.4 is 5.48 Å². The predicted molar refractivity (Wildman–Crippen MR) is 32.2 cm³/mol. The van der Waals surface area contributed by atoms with E-state index in [-0.39, 0.29) is 0 Å². The second-order valence-electron chi connectivity index (χ2n) is 1.15. The zero-order valence-corrected chi connectivity index (χ0v) is 4.62. The number of hydroxylamine groups is 1. The van der Waals surface area contributed by atoms with Gasteiger partial charge in [-0.3, -0.25) is 0 Å². The van der Waals surface area contributed by atoms with Crippen molar-refractivity contribution < 1.29 is 10.7 Å². The maximum atomic E-state index is 8.09. The van der Waals surface area contributed by atoms with Crippen LogP contribution >= 0.6 is 0 Å². The zero-order chi connectivity index (χ0) is 6.24. The molecule has 2 heteroatoms. The number of allylic oxidation sites excluding steroid dienone is 4. The Bertz CT molecular complexity index is 105. The van der Waals surface area contributed by atoms with Gasteiger partial charge in [0.25, 0.3) is 0 Å². The predicted octanol–water partition coefficient (Wildman–Crippen LogP) is 0.195. The van der Waals surface area contributed by atoms with Crippen LogP contribution in [0.1, 0.15) is 0 Å². The van der Waals surface area contributed by atoms with Crippen molar-refractivity contribution in [2.45, 2.75) is 0 Å². The van der Waals surface area contributed by atoms with Crippen LogP contribution in [0.2, 0.25) is 0 Å². The molecule has 0 aromatic rings. The van der Waals surface area contributed by atoms with Crippen LogP contribution in [-0.2, 0) is 0 Å². The first kappa shape index (κ1) is 7.14. The fourth-order valence-electron chi connectivity index (χ4n) is 0.257. The van der Waals surface area contributed by atoms with Crippen LogP contribution in [0.15, 0.2) is 37.1 Å². The average molecular weight is 112 g/mol. The Kier molecular flexibility index (Phi) is 5.48. The fraction of sp³-hybridized carbons (Fsp3) is 0. The summed E-state index contributed by atoms with van der Waals surface area (Å²) in [4.78, 5) is 0. The highest BCUT2D eigenvalue weighted by atomic mass is 16.5. The number of rotatable bonds is 3. The Hall–Kier alpha value is -0.860. The van der Waals surface area contributed by atoms with E-state index < -0.39 is 0 Å². The average Bonchev–Trinajstić information content (AvgIpc) is 1.81. The Balaban J connectivity index is 3.26. The lowest BCUT2D eigenvalue weighted by Crippen LogP contribution is -2.73. The van der Waals surface area contributed by atoms with Crippen LogP contribution in [0.5, 0.6) is 0 Å². The molecule has 0 rings (SSSR count). The summed E-state index contributed by atoms with van der Waals surface area (Å²) in [5.74, 6) is 0. The third-order valence-electron chi connectivity index (χ3n) is 0.555. The molecule has 2 nitrogen and oxygen atoms in total. The van der Waals surface area contributed by atoms with Crippen molar-refractivity contribution in [2.24, 2.45) is 0 Å². The lowest BCUT2D eigenvalue weighted by molar-refractivity contribution is -0.838. The number of quaternary nitrogens is 1. The van der Waals surface area contributed by atoms with Gasteiger partial charge in [-0.1, -0.05) is 24.8 Å². The maximum Gasteiger partial charge on any atom is 0.125 e. The Labute approximate surface area is 48.8 Å². The summed E-state index contributed by atoms with van der Waals surface area (Å²) in [7, 11) is 0. The van der Waals surface area contributed by atoms with Crippen molar-refractivity contribution in [1.29, 1.82) is 0 Å². The summed E-state index contributed by atoms with van der Waals surface area (Å²) in [5, 5.41) is 8.09. The topological polar surface area (TPSA) is 36.8 Å². The van der Waals surface area contributed by atoms with E-state index in [4.69, 9.17) is 5.21 Å². The minimum absolute atomic E-state index is 0.980. The van der Waals surface area contributed by atoms with E-state index in [1.165, 1.54) is 6.20 Å². The number of nitrogens with two attached hydrogens (primary N) is 1. The monoisotopic (exact) mass is 112 g/mol. The van der Waals surface area contributed by atoms with E-state index >= 15 is 0 Å². The highest BCUT2D eigenvalue weighted by Crippen LogP contribution is 1.71. The molecule has 0 spiro atoms. The van der Waals surface area contributed by atoms with Gasteiger partial charge in [-0.25, -0.2) is 5.21 Å². The molecule has 0 saturated heterocycles. The number of hydrogen-bond acceptors (Lipinski definition) is 1. The van der Waals surface area contributed by atoms with E-state index in [9.17, 15) is 0 Å². The highest BCUT2D eigenvalue weighted by molar-refractivity contribution is 5.06. The highest BCUT2D eigenvalue weighted by Gasteiger charge is 1.61. The van der Waals surface area contributed by atoms with Gasteiger partial charge < -0.3 is 0 Å². The Morgan fingerprint density at radius 1 is 1.25 bits per heavy atom. The summed E-state index contributed by atoms with van der Waals surface area (Å²) in [5.41, 5.74) is 0.980. The van der Waals surface area contributed by atoms with Gasteiger partial charge in [0.15, 0.2) is 0 Å². The Morgan fingerprint density at radius 2 is 2.00 bits per heavy atom. The van der Waals surface area contributed by atoms with E-state index in [2.05, 4.69) is 6.58 Å². The molecule has 0 aliphatic carbocycles. The summed E-state index contributed by atoms with van der Waals surface area (Å²) in [6.07, 6.45) is 8.46. The molecule has 0 atom stereocenters. The van der Waals surface area contributed by atoms with E-state index in [0.29, 0.717) is 0 Å². The van der Waals surface area contributed by atoms with Gasteiger partial charge in [0, 0.05) is 0 Å². The molecule has 0 saturated carbocycles. The van der Waals surface area contributed by atoms with Crippen molar-refractivity contribution >= 4 is 0 Å². The van der Waals surface area contributed by atoms with Crippen molar-refractivity contribution in [2.75, 3.05) is 0 Å². The zero-order valence-electron chi connectivity index (χ0n) is 4.62. The summed E-state index contributed by atoms with van der Waals surface area (Å²) in [6.45, 7) is 3.46. The lowest BCUT2D eigenvalue weighted by Gasteiger charge is -1.70. The molecule has 8 heavy (non-hydrogen) atoms. The van der Waals surface area contributed by atoms with Crippen molar-refractivity contribution in [3.05, 3.63) is 37.1 Å². The third-order valence-corrected chi connectivity index (χ3v) is 0.555. The van der Waals surface area contributed by atoms with Gasteiger partial charge in [-0.15, -0.1) is 0 Å². The molecule has 0 aliphatic rings. The normalized spacial score (nSPS) is 11.1. The van der Waals surface area contributed by atoms with E-state index in [1.54, 1.807) is 24.3 Å². The van der Waals surface area contributed by atoms with Crippen LogP contribution in [0.4, 0.5) is 0 Å². The second kappa shape index (κ2) is 6.14. The maximum absolute atomic E-state index is 8.09. The summed E-state index contributed by atoms with van der Waals surface area (Å²) >= 11 is 0. The molecule has 0 radical (unpaired) electrons. The third kappa shape index (κ3) is 5.14. The molecular formula is C6H10NO+. The first-order valence-electron chi connectivity index (χ1n) is 2.33. The molecule has 0 aromatic heterocycles. The van der Waals surface area contributed by atoms with Crippen molar-refractivity contribution in [1.82, 2.24) is 0 Å². The number of hydrogen-bond donors (Lipinski definition) is 2. The SMILES string of the molecule is C=CC=CC=C[NH2+]O. The van der Waals surface area contributed by atoms with Gasteiger partial charge in [0.1, 0.15) is 6.20 Å². The fourth-order valence-corrected chi connectivity index (χ4v) is 0.257. The van der Waals surface area contributed by atoms with Gasteiger partial charge in [-0.2, -0.15) is 5.48 Å². The molecule has 0 aliphatic heterocycles. The first-order chi connectivity index (χ1) is 3.91. The van der Waals surface area contributed by atoms with Gasteiger partial charge in [0.2, 0.25) is 0 Å². The minimum atomic E-state index is 0.980. The molecule has 44 valence electrons. The summed E-state index contributed by atoms with van der Waals surface area (Å²) in [6, 6.07) is 0. The van der Waals surface area contributed by atoms with Gasteiger partial charge >= 0.3 is 0 Å². The molecule has 0 fully saturated rings. The quantitative estimate of drug-likeness (QED) is 0.397. The van der Waals surface area contributed by atoms with Crippen LogP contribution in [0.25, 0.3) is 0 Å². The molecule has 0 unspecified atom stereocenters. The van der Waals surface area contributed by atoms with Crippen LogP contribution in [-0.4, -0.2) is 5.21 Å². The standard InChI is InChI=1S/C6H9NO/c1-2-3-4-5-6-7-8/h2-8H,1H2/p+1. The molecule has 3 N–H and O–H groups in total. The van der Waals surface area contributed by atoms with Crippen LogP contribution in [0.3, 0.4) is 0 Å². The summed E-state index contributed by atoms with van der Waals surface area (Å²) < 4.78 is 0. The van der Waals surface area contributed by atoms with Crippen LogP contribution in [0, 0.1) is 0 Å². The minimum Gasteiger partial charge on any atom is -0.216 e. The lowest BCUT2D eigenvalue weighted by atomic mass is 10.5. The van der Waals surface area contributed by atoms with Crippen molar-refractivity contribution in [3.63, 3.8) is 0 Å². The van der Waals surface area contributed by atoms with E-state index in [0.717, 1.165) is 5.48 Å². The smallest absolute Gasteiger partial charge is 0.125 e.